The van der Waals surface area contributed by atoms with Crippen LogP contribution in [0.4, 0.5) is 0 Å². The van der Waals surface area contributed by atoms with Crippen LogP contribution in [0, 0.1) is 6.92 Å². The van der Waals surface area contributed by atoms with Crippen molar-refractivity contribution < 1.29 is 0 Å². The van der Waals surface area contributed by atoms with Crippen LogP contribution in [0.25, 0.3) is 0 Å². The van der Waals surface area contributed by atoms with Crippen LogP contribution in [-0.4, -0.2) is 13.1 Å². The van der Waals surface area contributed by atoms with Gasteiger partial charge in [0.15, 0.2) is 0 Å². The second-order valence-electron chi connectivity index (χ2n) is 4.71. The fourth-order valence-corrected chi connectivity index (χ4v) is 3.02. The summed E-state index contributed by atoms with van der Waals surface area (Å²) >= 11 is 7.26. The summed E-state index contributed by atoms with van der Waals surface area (Å²) in [7, 11) is 0. The quantitative estimate of drug-likeness (QED) is 0.612. The first-order valence-corrected chi connectivity index (χ1v) is 8.39. The van der Waals surface area contributed by atoms with Crippen molar-refractivity contribution >= 4 is 31.9 Å². The Morgan fingerprint density at radius 1 is 1.00 bits per heavy atom. The Labute approximate surface area is 128 Å². The van der Waals surface area contributed by atoms with Gasteiger partial charge in [-0.25, -0.2) is 0 Å². The average Bonchev–Trinajstić information content (AvgIpc) is 2.34. The van der Waals surface area contributed by atoms with Crippen LogP contribution in [0.1, 0.15) is 43.7 Å². The molecule has 0 aliphatic rings. The predicted molar refractivity (Wildman–Crippen MR) is 87.3 cm³/mol. The molecule has 1 nitrogen and oxygen atoms in total. The fraction of sp³-hybridized carbons (Fsp3) is 0.600. The number of unbranched alkanes of at least 4 members (excludes halogenated alkanes) is 3. The smallest absolute Gasteiger partial charge is 0.0210 e. The molecule has 0 heterocycles. The van der Waals surface area contributed by atoms with Crippen LogP contribution in [0.2, 0.25) is 0 Å². The maximum atomic E-state index is 3.65. The molecule has 0 saturated heterocycles. The summed E-state index contributed by atoms with van der Waals surface area (Å²) < 4.78 is 2.46. The molecular weight excluding hydrogens is 354 g/mol. The van der Waals surface area contributed by atoms with Crippen LogP contribution in [0.3, 0.4) is 0 Å². The minimum Gasteiger partial charge on any atom is -0.317 e. The highest BCUT2D eigenvalue weighted by Crippen LogP contribution is 2.26. The van der Waals surface area contributed by atoms with Gasteiger partial charge in [-0.05, 0) is 62.5 Å². The van der Waals surface area contributed by atoms with Gasteiger partial charge < -0.3 is 5.32 Å². The zero-order chi connectivity index (χ0) is 13.4. The first-order valence-electron chi connectivity index (χ1n) is 6.80. The highest BCUT2D eigenvalue weighted by Gasteiger charge is 2.03. The Kier molecular flexibility index (Phi) is 8.20. The van der Waals surface area contributed by atoms with Gasteiger partial charge in [0.05, 0.1) is 0 Å². The van der Waals surface area contributed by atoms with Gasteiger partial charge in [0.2, 0.25) is 0 Å². The zero-order valence-corrected chi connectivity index (χ0v) is 14.5. The summed E-state index contributed by atoms with van der Waals surface area (Å²) in [4.78, 5) is 0. The standard InChI is InChI=1S/C15H23Br2N/c1-3-18-9-7-5-4-6-8-13-11-14(16)12(2)10-15(13)17/h10-11,18H,3-9H2,1-2H3. The van der Waals surface area contributed by atoms with E-state index >= 15 is 0 Å². The van der Waals surface area contributed by atoms with Crippen LogP contribution in [-0.2, 0) is 6.42 Å². The minimum absolute atomic E-state index is 1.09. The lowest BCUT2D eigenvalue weighted by atomic mass is 10.0. The van der Waals surface area contributed by atoms with Gasteiger partial charge in [0, 0.05) is 8.95 Å². The van der Waals surface area contributed by atoms with Crippen molar-refractivity contribution in [2.75, 3.05) is 13.1 Å². The van der Waals surface area contributed by atoms with Crippen molar-refractivity contribution in [3.63, 3.8) is 0 Å². The maximum Gasteiger partial charge on any atom is 0.0210 e. The summed E-state index contributed by atoms with van der Waals surface area (Å²) in [5, 5.41) is 3.37. The van der Waals surface area contributed by atoms with E-state index in [0.717, 1.165) is 13.1 Å². The first kappa shape index (κ1) is 16.2. The third-order valence-corrected chi connectivity index (χ3v) is 4.72. The molecule has 3 heteroatoms. The van der Waals surface area contributed by atoms with Crippen molar-refractivity contribution in [3.8, 4) is 0 Å². The second kappa shape index (κ2) is 9.11. The normalized spacial score (nSPS) is 10.9. The third-order valence-electron chi connectivity index (χ3n) is 3.13. The van der Waals surface area contributed by atoms with E-state index in [4.69, 9.17) is 0 Å². The van der Waals surface area contributed by atoms with Crippen molar-refractivity contribution in [2.24, 2.45) is 0 Å². The van der Waals surface area contributed by atoms with E-state index in [1.807, 2.05) is 0 Å². The van der Waals surface area contributed by atoms with Crippen LogP contribution >= 0.6 is 31.9 Å². The van der Waals surface area contributed by atoms with Crippen molar-refractivity contribution in [2.45, 2.75) is 46.0 Å². The van der Waals surface area contributed by atoms with E-state index < -0.39 is 0 Å². The highest BCUT2D eigenvalue weighted by molar-refractivity contribution is 9.11. The van der Waals surface area contributed by atoms with E-state index in [-0.39, 0.29) is 0 Å². The first-order chi connectivity index (χ1) is 8.65. The lowest BCUT2D eigenvalue weighted by molar-refractivity contribution is 0.597. The topological polar surface area (TPSA) is 12.0 Å². The van der Waals surface area contributed by atoms with Crippen LogP contribution in [0.15, 0.2) is 21.1 Å². The van der Waals surface area contributed by atoms with Crippen molar-refractivity contribution in [3.05, 3.63) is 32.2 Å². The molecule has 0 fully saturated rings. The average molecular weight is 377 g/mol. The molecule has 0 atom stereocenters. The fourth-order valence-electron chi connectivity index (χ4n) is 1.97. The molecule has 0 amide bonds. The molecule has 0 aromatic heterocycles. The number of halogens is 2. The summed E-state index contributed by atoms with van der Waals surface area (Å²) in [6.07, 6.45) is 6.40. The van der Waals surface area contributed by atoms with Gasteiger partial charge in [-0.3, -0.25) is 0 Å². The molecular formula is C15H23Br2N. The predicted octanol–water partition coefficient (Wildman–Crippen LogP) is 5.23. The number of rotatable bonds is 8. The number of aryl methyl sites for hydroxylation is 2. The number of hydrogen-bond donors (Lipinski definition) is 1. The summed E-state index contributed by atoms with van der Waals surface area (Å²) in [5.41, 5.74) is 2.70. The lowest BCUT2D eigenvalue weighted by Gasteiger charge is -2.08. The SMILES string of the molecule is CCNCCCCCCc1cc(Br)c(C)cc1Br. The highest BCUT2D eigenvalue weighted by atomic mass is 79.9. The Bertz CT molecular complexity index is 364. The Balaban J connectivity index is 2.25. The largest absolute Gasteiger partial charge is 0.317 e. The number of hydrogen-bond acceptors (Lipinski definition) is 1. The molecule has 0 spiro atoms. The summed E-state index contributed by atoms with van der Waals surface area (Å²) in [6, 6.07) is 4.45. The van der Waals surface area contributed by atoms with Gasteiger partial charge >= 0.3 is 0 Å². The molecule has 18 heavy (non-hydrogen) atoms. The summed E-state index contributed by atoms with van der Waals surface area (Å²) in [5.74, 6) is 0. The number of benzene rings is 1. The van der Waals surface area contributed by atoms with E-state index in [1.165, 1.54) is 52.2 Å². The third kappa shape index (κ3) is 5.85. The summed E-state index contributed by atoms with van der Waals surface area (Å²) in [6.45, 7) is 6.53. The molecule has 1 aromatic carbocycles. The zero-order valence-electron chi connectivity index (χ0n) is 11.4. The molecule has 1 rings (SSSR count). The molecule has 0 aliphatic carbocycles. The second-order valence-corrected chi connectivity index (χ2v) is 6.42. The van der Waals surface area contributed by atoms with Crippen molar-refractivity contribution in [1.82, 2.24) is 5.32 Å². The lowest BCUT2D eigenvalue weighted by Crippen LogP contribution is -2.13. The molecule has 0 radical (unpaired) electrons. The van der Waals surface area contributed by atoms with E-state index in [0.29, 0.717) is 0 Å². The minimum atomic E-state index is 1.09. The van der Waals surface area contributed by atoms with E-state index in [9.17, 15) is 0 Å². The van der Waals surface area contributed by atoms with E-state index in [1.54, 1.807) is 0 Å². The van der Waals surface area contributed by atoms with E-state index in [2.05, 4.69) is 63.2 Å². The molecule has 0 bridgehead atoms. The Hall–Kier alpha value is 0.140. The number of nitrogens with one attached hydrogen (secondary N) is 1. The maximum absolute atomic E-state index is 3.65. The van der Waals surface area contributed by atoms with Gasteiger partial charge in [-0.15, -0.1) is 0 Å². The monoisotopic (exact) mass is 375 g/mol. The van der Waals surface area contributed by atoms with Gasteiger partial charge in [0.1, 0.15) is 0 Å². The van der Waals surface area contributed by atoms with Crippen molar-refractivity contribution in [1.29, 1.82) is 0 Å². The Morgan fingerprint density at radius 3 is 2.44 bits per heavy atom. The Morgan fingerprint density at radius 2 is 1.72 bits per heavy atom. The van der Waals surface area contributed by atoms with Crippen LogP contribution in [0.5, 0.6) is 0 Å². The van der Waals surface area contributed by atoms with Gasteiger partial charge in [-0.2, -0.15) is 0 Å². The molecule has 0 aliphatic heterocycles. The molecule has 1 aromatic rings. The molecule has 0 unspecified atom stereocenters. The van der Waals surface area contributed by atoms with Crippen LogP contribution < -0.4 is 5.32 Å². The van der Waals surface area contributed by atoms with Gasteiger partial charge in [0.25, 0.3) is 0 Å². The molecule has 1 N–H and O–H groups in total. The van der Waals surface area contributed by atoms with Gasteiger partial charge in [-0.1, -0.05) is 51.6 Å². The molecule has 102 valence electrons. The molecule has 0 saturated carbocycles.